The molecule has 4 N–H and O–H groups in total. The van der Waals surface area contributed by atoms with Crippen LogP contribution in [0.15, 0.2) is 37.1 Å². The number of carbonyl (C=O) groups excluding carboxylic acids is 2. The number of anilines is 2. The first-order chi connectivity index (χ1) is 17.9. The van der Waals surface area contributed by atoms with Crippen molar-refractivity contribution in [3.63, 3.8) is 0 Å². The Balaban J connectivity index is 1.49. The van der Waals surface area contributed by atoms with Crippen LogP contribution in [0.1, 0.15) is 30.7 Å². The second-order valence-corrected chi connectivity index (χ2v) is 8.79. The maximum absolute atomic E-state index is 13.2. The molecule has 0 aromatic carbocycles. The Bertz CT molecular complexity index is 1310. The third kappa shape index (κ3) is 6.28. The van der Waals surface area contributed by atoms with E-state index in [-0.39, 0.29) is 23.1 Å². The molecule has 0 spiro atoms. The predicted molar refractivity (Wildman–Crippen MR) is 139 cm³/mol. The second kappa shape index (κ2) is 11.6. The monoisotopic (exact) mass is 505 g/mol. The number of likely N-dealkylation sites (tertiary alicyclic amines) is 1. The highest BCUT2D eigenvalue weighted by Crippen LogP contribution is 2.27. The summed E-state index contributed by atoms with van der Waals surface area (Å²) >= 11 is 0. The Morgan fingerprint density at radius 2 is 1.92 bits per heavy atom. The van der Waals surface area contributed by atoms with E-state index in [1.165, 1.54) is 19.7 Å². The number of piperidine rings is 1. The topological polar surface area (TPSA) is 153 Å². The summed E-state index contributed by atoms with van der Waals surface area (Å²) in [5, 5.41) is 9.81. The molecule has 0 radical (unpaired) electrons. The van der Waals surface area contributed by atoms with Crippen LogP contribution in [0.5, 0.6) is 5.88 Å². The summed E-state index contributed by atoms with van der Waals surface area (Å²) in [6, 6.07) is 1.66. The SMILES string of the molecule is COc1nc(-c2cnn(C)c2)cnc1/C(=C\N)C(=O)Nc1cc(NC(=O)CN2CCCCC2)cnc1C. The quantitative estimate of drug-likeness (QED) is 0.390. The normalized spacial score (nSPS) is 14.3. The predicted octanol–water partition coefficient (Wildman–Crippen LogP) is 1.95. The molecule has 1 fully saturated rings. The fourth-order valence-corrected chi connectivity index (χ4v) is 4.09. The summed E-state index contributed by atoms with van der Waals surface area (Å²) in [5.41, 5.74) is 8.86. The van der Waals surface area contributed by atoms with E-state index in [0.29, 0.717) is 29.3 Å². The Hall–Kier alpha value is -4.32. The van der Waals surface area contributed by atoms with Crippen LogP contribution in [0.3, 0.4) is 0 Å². The van der Waals surface area contributed by atoms with E-state index in [1.54, 1.807) is 43.3 Å². The fraction of sp³-hybridized carbons (Fsp3) is 0.360. The van der Waals surface area contributed by atoms with Gasteiger partial charge in [-0.2, -0.15) is 5.10 Å². The standard InChI is InChI=1S/C25H31N9O3/c1-16-20(9-18(12-27-16)30-22(35)15-34-7-5-4-6-8-34)31-24(36)19(10-26)23-25(37-3)32-21(13-28-23)17-11-29-33(2)14-17/h9-14H,4-8,15,26H2,1-3H3,(H,30,35)(H,31,36)/b19-10+. The molecular weight excluding hydrogens is 474 g/mol. The highest BCUT2D eigenvalue weighted by molar-refractivity contribution is 6.25. The smallest absolute Gasteiger partial charge is 0.259 e. The highest BCUT2D eigenvalue weighted by atomic mass is 16.5. The Labute approximate surface area is 214 Å². The summed E-state index contributed by atoms with van der Waals surface area (Å²) in [4.78, 5) is 41.0. The number of rotatable bonds is 8. The van der Waals surface area contributed by atoms with Crippen LogP contribution >= 0.6 is 0 Å². The minimum atomic E-state index is -0.522. The van der Waals surface area contributed by atoms with E-state index in [2.05, 4.69) is 35.6 Å². The molecule has 12 nitrogen and oxygen atoms in total. The third-order valence-corrected chi connectivity index (χ3v) is 6.04. The molecule has 4 rings (SSSR count). The first-order valence-corrected chi connectivity index (χ1v) is 12.0. The van der Waals surface area contributed by atoms with E-state index in [1.807, 2.05) is 0 Å². The summed E-state index contributed by atoms with van der Waals surface area (Å²) in [7, 11) is 3.24. The number of nitrogens with zero attached hydrogens (tertiary/aromatic N) is 6. The molecule has 12 heteroatoms. The Morgan fingerprint density at radius 1 is 1.14 bits per heavy atom. The van der Waals surface area contributed by atoms with E-state index in [0.717, 1.165) is 37.7 Å². The number of aromatic nitrogens is 5. The van der Waals surface area contributed by atoms with Crippen molar-refractivity contribution in [2.75, 3.05) is 37.4 Å². The number of amides is 2. The number of aryl methyl sites for hydroxylation is 2. The summed E-state index contributed by atoms with van der Waals surface area (Å²) < 4.78 is 7.05. The zero-order valence-electron chi connectivity index (χ0n) is 21.2. The van der Waals surface area contributed by atoms with E-state index in [4.69, 9.17) is 10.5 Å². The molecule has 3 aromatic heterocycles. The van der Waals surface area contributed by atoms with Crippen molar-refractivity contribution in [1.82, 2.24) is 29.6 Å². The van der Waals surface area contributed by atoms with Gasteiger partial charge in [0.25, 0.3) is 5.91 Å². The molecule has 0 unspecified atom stereocenters. The van der Waals surface area contributed by atoms with Crippen molar-refractivity contribution in [2.24, 2.45) is 12.8 Å². The van der Waals surface area contributed by atoms with Gasteiger partial charge in [-0.3, -0.25) is 24.2 Å². The zero-order valence-corrected chi connectivity index (χ0v) is 21.2. The van der Waals surface area contributed by atoms with Crippen LogP contribution in [-0.2, 0) is 16.6 Å². The van der Waals surface area contributed by atoms with Crippen LogP contribution in [0.2, 0.25) is 0 Å². The molecule has 37 heavy (non-hydrogen) atoms. The largest absolute Gasteiger partial charge is 0.479 e. The Morgan fingerprint density at radius 3 is 2.59 bits per heavy atom. The first-order valence-electron chi connectivity index (χ1n) is 12.0. The maximum atomic E-state index is 13.2. The van der Waals surface area contributed by atoms with Gasteiger partial charge in [0, 0.05) is 25.0 Å². The van der Waals surface area contributed by atoms with Gasteiger partial charge in [0.1, 0.15) is 5.69 Å². The van der Waals surface area contributed by atoms with Gasteiger partial charge in [0.15, 0.2) is 0 Å². The van der Waals surface area contributed by atoms with Crippen LogP contribution in [0, 0.1) is 6.92 Å². The van der Waals surface area contributed by atoms with Crippen LogP contribution in [0.4, 0.5) is 11.4 Å². The molecule has 0 atom stereocenters. The molecule has 4 heterocycles. The molecule has 1 aliphatic heterocycles. The molecule has 1 aliphatic rings. The van der Waals surface area contributed by atoms with Gasteiger partial charge in [-0.05, 0) is 38.9 Å². The van der Waals surface area contributed by atoms with Crippen molar-refractivity contribution >= 4 is 28.8 Å². The Kier molecular flexibility index (Phi) is 8.08. The lowest BCUT2D eigenvalue weighted by Gasteiger charge is -2.25. The average Bonchev–Trinajstić information content (AvgIpc) is 3.33. The second-order valence-electron chi connectivity index (χ2n) is 8.79. The lowest BCUT2D eigenvalue weighted by molar-refractivity contribution is -0.117. The van der Waals surface area contributed by atoms with Crippen molar-refractivity contribution < 1.29 is 14.3 Å². The van der Waals surface area contributed by atoms with Crippen molar-refractivity contribution in [3.05, 3.63) is 48.4 Å². The van der Waals surface area contributed by atoms with Gasteiger partial charge in [0.2, 0.25) is 11.8 Å². The number of methoxy groups -OCH3 is 1. The summed E-state index contributed by atoms with van der Waals surface area (Å²) in [5.74, 6) is -0.506. The van der Waals surface area contributed by atoms with Crippen molar-refractivity contribution in [1.29, 1.82) is 0 Å². The van der Waals surface area contributed by atoms with Crippen molar-refractivity contribution in [3.8, 4) is 17.1 Å². The van der Waals surface area contributed by atoms with Crippen molar-refractivity contribution in [2.45, 2.75) is 26.2 Å². The molecule has 2 amide bonds. The van der Waals surface area contributed by atoms with Gasteiger partial charge < -0.3 is 21.1 Å². The molecule has 0 bridgehead atoms. The van der Waals surface area contributed by atoms with Gasteiger partial charge in [-0.15, -0.1) is 0 Å². The lowest BCUT2D eigenvalue weighted by atomic mass is 10.1. The van der Waals surface area contributed by atoms with Crippen LogP contribution in [-0.4, -0.2) is 68.2 Å². The molecule has 1 saturated heterocycles. The average molecular weight is 506 g/mol. The fourth-order valence-electron chi connectivity index (χ4n) is 4.09. The van der Waals surface area contributed by atoms with Gasteiger partial charge in [-0.25, -0.2) is 9.97 Å². The van der Waals surface area contributed by atoms with E-state index in [9.17, 15) is 9.59 Å². The number of ether oxygens (including phenoxy) is 1. The highest BCUT2D eigenvalue weighted by Gasteiger charge is 2.21. The minimum absolute atomic E-state index is 0.0704. The summed E-state index contributed by atoms with van der Waals surface area (Å²) in [6.45, 7) is 3.92. The number of carbonyl (C=O) groups is 2. The third-order valence-electron chi connectivity index (χ3n) is 6.04. The summed E-state index contributed by atoms with van der Waals surface area (Å²) in [6.07, 6.45) is 11.1. The number of hydrogen-bond donors (Lipinski definition) is 3. The van der Waals surface area contributed by atoms with Crippen LogP contribution in [0.25, 0.3) is 16.8 Å². The number of pyridine rings is 1. The molecule has 0 aliphatic carbocycles. The number of hydrogen-bond acceptors (Lipinski definition) is 9. The zero-order chi connectivity index (χ0) is 26.4. The lowest BCUT2D eigenvalue weighted by Crippen LogP contribution is -2.36. The van der Waals surface area contributed by atoms with E-state index < -0.39 is 5.91 Å². The molecule has 194 valence electrons. The number of nitrogens with one attached hydrogen (secondary N) is 2. The minimum Gasteiger partial charge on any atom is -0.479 e. The van der Waals surface area contributed by atoms with E-state index >= 15 is 0 Å². The van der Waals surface area contributed by atoms with Gasteiger partial charge in [0.05, 0.1) is 60.6 Å². The molecule has 0 saturated carbocycles. The molecule has 3 aromatic rings. The van der Waals surface area contributed by atoms with Crippen LogP contribution < -0.4 is 21.1 Å². The first kappa shape index (κ1) is 25.8. The molecular formula is C25H31N9O3. The van der Waals surface area contributed by atoms with Gasteiger partial charge in [-0.1, -0.05) is 6.42 Å². The van der Waals surface area contributed by atoms with Gasteiger partial charge >= 0.3 is 0 Å². The number of nitrogens with two attached hydrogens (primary N) is 1. The maximum Gasteiger partial charge on any atom is 0.259 e.